The smallest absolute Gasteiger partial charge is 0.333 e. The average Bonchev–Trinajstić information content (AvgIpc) is 3.08. The molecule has 1 amide bonds. The van der Waals surface area contributed by atoms with E-state index < -0.39 is 29.7 Å². The lowest BCUT2D eigenvalue weighted by molar-refractivity contribution is -0.148. The second kappa shape index (κ2) is 8.05. The molecule has 0 saturated heterocycles. The maximum atomic E-state index is 14.1. The van der Waals surface area contributed by atoms with E-state index in [0.717, 1.165) is 16.7 Å². The standard InChI is InChI=1S/C18H20F5N5O/c1-10-5-14(20)11(7-13(10)19)6-12(24-2)8-16(29)27-3-4-28-15(9-27)25-26-17(28)18(21,22)23/h5,7,12,24H,3-4,6,8-9H2,1-2H3. The Morgan fingerprint density at radius 1 is 1.21 bits per heavy atom. The first kappa shape index (κ1) is 21.2. The summed E-state index contributed by atoms with van der Waals surface area (Å²) in [5.74, 6) is -2.42. The number of likely N-dealkylation sites (N-methyl/N-ethyl adjacent to an activating group) is 1. The summed E-state index contributed by atoms with van der Waals surface area (Å²) in [4.78, 5) is 14.0. The van der Waals surface area contributed by atoms with Gasteiger partial charge in [-0.05, 0) is 43.7 Å². The quantitative estimate of drug-likeness (QED) is 0.760. The molecule has 0 fully saturated rings. The van der Waals surface area contributed by atoms with Gasteiger partial charge in [-0.3, -0.25) is 4.79 Å². The number of fused-ring (bicyclic) bond motifs is 1. The molecule has 0 bridgehead atoms. The van der Waals surface area contributed by atoms with Gasteiger partial charge in [0.05, 0.1) is 6.54 Å². The van der Waals surface area contributed by atoms with Gasteiger partial charge in [0.15, 0.2) is 5.82 Å². The minimum Gasteiger partial charge on any atom is -0.333 e. The van der Waals surface area contributed by atoms with E-state index in [1.165, 1.54) is 11.8 Å². The summed E-state index contributed by atoms with van der Waals surface area (Å²) in [5, 5.41) is 9.63. The third-order valence-electron chi connectivity index (χ3n) is 4.98. The van der Waals surface area contributed by atoms with Crippen LogP contribution in [-0.2, 0) is 30.5 Å². The van der Waals surface area contributed by atoms with Crippen LogP contribution in [0.2, 0.25) is 0 Å². The SMILES string of the molecule is CNC(CC(=O)N1CCn2c(nnc2C(F)(F)F)C1)Cc1cc(F)c(C)cc1F. The third-order valence-corrected chi connectivity index (χ3v) is 4.98. The Kier molecular flexibility index (Phi) is 5.87. The number of hydrogen-bond donors (Lipinski definition) is 1. The first-order chi connectivity index (χ1) is 13.6. The maximum absolute atomic E-state index is 14.1. The molecule has 0 spiro atoms. The van der Waals surface area contributed by atoms with Crippen LogP contribution < -0.4 is 5.32 Å². The average molecular weight is 417 g/mol. The summed E-state index contributed by atoms with van der Waals surface area (Å²) in [5.41, 5.74) is 0.340. The lowest BCUT2D eigenvalue weighted by atomic mass is 10.0. The molecule has 0 aliphatic carbocycles. The lowest BCUT2D eigenvalue weighted by Gasteiger charge is -2.29. The molecule has 3 rings (SSSR count). The topological polar surface area (TPSA) is 63.1 Å². The van der Waals surface area contributed by atoms with E-state index in [4.69, 9.17) is 0 Å². The van der Waals surface area contributed by atoms with Crippen LogP contribution in [0.1, 0.15) is 29.2 Å². The molecule has 0 saturated carbocycles. The van der Waals surface area contributed by atoms with E-state index in [-0.39, 0.29) is 55.3 Å². The van der Waals surface area contributed by atoms with Gasteiger partial charge in [0.2, 0.25) is 11.7 Å². The van der Waals surface area contributed by atoms with Gasteiger partial charge in [0, 0.05) is 25.6 Å². The van der Waals surface area contributed by atoms with Gasteiger partial charge in [0.1, 0.15) is 11.6 Å². The number of nitrogens with zero attached hydrogens (tertiary/aromatic N) is 4. The number of nitrogens with one attached hydrogen (secondary N) is 1. The zero-order valence-corrected chi connectivity index (χ0v) is 15.9. The van der Waals surface area contributed by atoms with Crippen molar-refractivity contribution < 1.29 is 26.7 Å². The molecular formula is C18H20F5N5O. The highest BCUT2D eigenvalue weighted by Gasteiger charge is 2.40. The molecule has 1 aliphatic rings. The molecule has 2 heterocycles. The zero-order chi connectivity index (χ0) is 21.3. The van der Waals surface area contributed by atoms with Crippen molar-refractivity contribution in [1.82, 2.24) is 25.0 Å². The molecule has 1 aliphatic heterocycles. The summed E-state index contributed by atoms with van der Waals surface area (Å²) in [7, 11) is 1.60. The summed E-state index contributed by atoms with van der Waals surface area (Å²) in [6, 6.07) is 1.75. The molecular weight excluding hydrogens is 397 g/mol. The normalized spacial score (nSPS) is 15.3. The zero-order valence-electron chi connectivity index (χ0n) is 15.9. The molecule has 1 atom stereocenters. The summed E-state index contributed by atoms with van der Waals surface area (Å²) >= 11 is 0. The molecule has 158 valence electrons. The molecule has 1 aromatic carbocycles. The number of carbonyl (C=O) groups is 1. The first-order valence-corrected chi connectivity index (χ1v) is 8.99. The van der Waals surface area contributed by atoms with Crippen molar-refractivity contribution in [2.45, 2.75) is 45.1 Å². The number of alkyl halides is 3. The van der Waals surface area contributed by atoms with Crippen molar-refractivity contribution in [2.24, 2.45) is 0 Å². The van der Waals surface area contributed by atoms with Crippen LogP contribution in [0.4, 0.5) is 22.0 Å². The summed E-state index contributed by atoms with van der Waals surface area (Å²) in [6.45, 7) is 1.38. The Labute approximate surface area is 163 Å². The van der Waals surface area contributed by atoms with Crippen molar-refractivity contribution in [1.29, 1.82) is 0 Å². The molecule has 29 heavy (non-hydrogen) atoms. The number of amides is 1. The second-order valence-electron chi connectivity index (χ2n) is 6.99. The van der Waals surface area contributed by atoms with E-state index in [2.05, 4.69) is 15.5 Å². The molecule has 6 nitrogen and oxygen atoms in total. The number of halogens is 5. The Balaban J connectivity index is 1.66. The van der Waals surface area contributed by atoms with Crippen LogP contribution >= 0.6 is 0 Å². The molecule has 0 radical (unpaired) electrons. The number of benzene rings is 1. The lowest BCUT2D eigenvalue weighted by Crippen LogP contribution is -2.42. The van der Waals surface area contributed by atoms with Crippen LogP contribution in [0.25, 0.3) is 0 Å². The summed E-state index contributed by atoms with van der Waals surface area (Å²) in [6.07, 6.45) is -4.54. The first-order valence-electron chi connectivity index (χ1n) is 8.99. The molecule has 11 heteroatoms. The fourth-order valence-electron chi connectivity index (χ4n) is 3.31. The van der Waals surface area contributed by atoms with Crippen molar-refractivity contribution in [3.63, 3.8) is 0 Å². The van der Waals surface area contributed by atoms with Gasteiger partial charge in [-0.15, -0.1) is 10.2 Å². The predicted octanol–water partition coefficient (Wildman–Crippen LogP) is 2.45. The van der Waals surface area contributed by atoms with E-state index in [9.17, 15) is 26.7 Å². The number of aromatic nitrogens is 3. The molecule has 1 aromatic heterocycles. The van der Waals surface area contributed by atoms with Crippen molar-refractivity contribution in [3.8, 4) is 0 Å². The number of aryl methyl sites for hydroxylation is 1. The number of carbonyl (C=O) groups excluding carboxylic acids is 1. The van der Waals surface area contributed by atoms with Gasteiger partial charge >= 0.3 is 6.18 Å². The van der Waals surface area contributed by atoms with Gasteiger partial charge in [-0.25, -0.2) is 8.78 Å². The molecule has 1 N–H and O–H groups in total. The fraction of sp³-hybridized carbons (Fsp3) is 0.500. The Morgan fingerprint density at radius 2 is 1.93 bits per heavy atom. The minimum atomic E-state index is -4.61. The van der Waals surface area contributed by atoms with Crippen molar-refractivity contribution in [3.05, 3.63) is 46.5 Å². The highest BCUT2D eigenvalue weighted by atomic mass is 19.4. The van der Waals surface area contributed by atoms with Gasteiger partial charge in [-0.2, -0.15) is 13.2 Å². The number of hydrogen-bond acceptors (Lipinski definition) is 4. The second-order valence-corrected chi connectivity index (χ2v) is 6.99. The summed E-state index contributed by atoms with van der Waals surface area (Å²) < 4.78 is 67.5. The highest BCUT2D eigenvalue weighted by Crippen LogP contribution is 2.29. The minimum absolute atomic E-state index is 0.0221. The predicted molar refractivity (Wildman–Crippen MR) is 92.7 cm³/mol. The fourth-order valence-corrected chi connectivity index (χ4v) is 3.31. The van der Waals surface area contributed by atoms with Gasteiger partial charge in [-0.1, -0.05) is 0 Å². The van der Waals surface area contributed by atoms with Crippen molar-refractivity contribution >= 4 is 5.91 Å². The Bertz CT molecular complexity index is 911. The maximum Gasteiger partial charge on any atom is 0.451 e. The van der Waals surface area contributed by atoms with Crippen molar-refractivity contribution in [2.75, 3.05) is 13.6 Å². The molecule has 2 aromatic rings. The van der Waals surface area contributed by atoms with Crippen LogP contribution in [0.3, 0.4) is 0 Å². The van der Waals surface area contributed by atoms with Crippen LogP contribution in [0.5, 0.6) is 0 Å². The van der Waals surface area contributed by atoms with E-state index in [1.54, 1.807) is 7.05 Å². The van der Waals surface area contributed by atoms with E-state index in [0.29, 0.717) is 0 Å². The van der Waals surface area contributed by atoms with E-state index in [1.807, 2.05) is 0 Å². The third kappa shape index (κ3) is 4.55. The highest BCUT2D eigenvalue weighted by molar-refractivity contribution is 5.77. The van der Waals surface area contributed by atoms with Crippen LogP contribution in [0.15, 0.2) is 12.1 Å². The Hall–Kier alpha value is -2.56. The van der Waals surface area contributed by atoms with Crippen LogP contribution in [0, 0.1) is 18.6 Å². The van der Waals surface area contributed by atoms with Gasteiger partial charge in [0.25, 0.3) is 0 Å². The molecule has 1 unspecified atom stereocenters. The van der Waals surface area contributed by atoms with Crippen LogP contribution in [-0.4, -0.2) is 45.2 Å². The van der Waals surface area contributed by atoms with E-state index >= 15 is 0 Å². The van der Waals surface area contributed by atoms with Gasteiger partial charge < -0.3 is 14.8 Å². The largest absolute Gasteiger partial charge is 0.451 e. The Morgan fingerprint density at radius 3 is 2.59 bits per heavy atom. The monoisotopic (exact) mass is 417 g/mol. The number of rotatable bonds is 5.